The van der Waals surface area contributed by atoms with Crippen molar-refractivity contribution < 1.29 is 0 Å². The van der Waals surface area contributed by atoms with Gasteiger partial charge in [-0.3, -0.25) is 0 Å². The molecule has 0 aliphatic heterocycles. The van der Waals surface area contributed by atoms with Crippen LogP contribution in [0.3, 0.4) is 0 Å². The second kappa shape index (κ2) is 5.91. The van der Waals surface area contributed by atoms with E-state index in [1.54, 1.807) is 11.8 Å². The second-order valence-electron chi connectivity index (χ2n) is 3.74. The maximum Gasteiger partial charge on any atom is 0.0560 e. The van der Waals surface area contributed by atoms with Crippen molar-refractivity contribution >= 4 is 34.7 Å². The van der Waals surface area contributed by atoms with E-state index in [1.165, 1.54) is 14.6 Å². The summed E-state index contributed by atoms with van der Waals surface area (Å²) in [7, 11) is 0. The van der Waals surface area contributed by atoms with Crippen LogP contribution in [0.15, 0.2) is 41.3 Å². The average Bonchev–Trinajstić information content (AvgIpc) is 2.75. The summed E-state index contributed by atoms with van der Waals surface area (Å²) in [6, 6.07) is 12.2. The number of halogens is 1. The van der Waals surface area contributed by atoms with E-state index >= 15 is 0 Å². The molecule has 0 bridgehead atoms. The maximum absolute atomic E-state index is 5.87. The van der Waals surface area contributed by atoms with Gasteiger partial charge in [-0.2, -0.15) is 0 Å². The molecule has 0 amide bonds. The summed E-state index contributed by atoms with van der Waals surface area (Å²) >= 11 is 9.48. The first kappa shape index (κ1) is 13.0. The number of thioether (sulfide) groups is 1. The molecule has 2 rings (SSSR count). The van der Waals surface area contributed by atoms with E-state index in [-0.39, 0.29) is 0 Å². The number of aryl methyl sites for hydroxylation is 1. The Kier molecular flexibility index (Phi) is 4.51. The van der Waals surface area contributed by atoms with Crippen LogP contribution in [0.1, 0.15) is 15.0 Å². The van der Waals surface area contributed by atoms with E-state index in [2.05, 4.69) is 19.1 Å². The van der Waals surface area contributed by atoms with Crippen LogP contribution in [0.25, 0.3) is 0 Å². The van der Waals surface area contributed by atoms with Crippen molar-refractivity contribution in [1.82, 2.24) is 0 Å². The zero-order valence-corrected chi connectivity index (χ0v) is 11.9. The van der Waals surface area contributed by atoms with E-state index in [1.807, 2.05) is 35.6 Å². The Hall–Kier alpha value is -0.480. The largest absolute Gasteiger partial charge is 0.329 e. The molecule has 0 saturated carbocycles. The van der Waals surface area contributed by atoms with Crippen molar-refractivity contribution in [2.24, 2.45) is 5.73 Å². The molecule has 4 heteroatoms. The number of rotatable bonds is 4. The molecule has 1 aromatic carbocycles. The fourth-order valence-electron chi connectivity index (χ4n) is 1.53. The number of benzene rings is 1. The van der Waals surface area contributed by atoms with Crippen molar-refractivity contribution in [2.45, 2.75) is 17.1 Å². The summed E-state index contributed by atoms with van der Waals surface area (Å²) in [5, 5.41) is 1.10. The predicted octanol–water partition coefficient (Wildman–Crippen LogP) is 4.50. The van der Waals surface area contributed by atoms with Crippen molar-refractivity contribution in [2.75, 3.05) is 6.54 Å². The first-order chi connectivity index (χ1) is 8.19. The Bertz CT molecular complexity index is 478. The van der Waals surface area contributed by atoms with Crippen molar-refractivity contribution in [3.05, 3.63) is 51.2 Å². The van der Waals surface area contributed by atoms with Crippen molar-refractivity contribution in [1.29, 1.82) is 0 Å². The molecule has 0 fully saturated rings. The Balaban J connectivity index is 2.12. The highest BCUT2D eigenvalue weighted by Crippen LogP contribution is 2.37. The van der Waals surface area contributed by atoms with Gasteiger partial charge >= 0.3 is 0 Å². The van der Waals surface area contributed by atoms with E-state index in [9.17, 15) is 0 Å². The maximum atomic E-state index is 5.87. The van der Waals surface area contributed by atoms with Crippen LogP contribution in [-0.2, 0) is 0 Å². The van der Waals surface area contributed by atoms with E-state index < -0.39 is 0 Å². The molecule has 90 valence electrons. The van der Waals surface area contributed by atoms with Gasteiger partial charge in [0.05, 0.1) is 5.25 Å². The minimum Gasteiger partial charge on any atom is -0.329 e. The van der Waals surface area contributed by atoms with Gasteiger partial charge in [-0.25, -0.2) is 0 Å². The minimum absolute atomic E-state index is 0.329. The first-order valence-electron chi connectivity index (χ1n) is 5.37. The van der Waals surface area contributed by atoms with Crippen LogP contribution >= 0.6 is 34.7 Å². The first-order valence-corrected chi connectivity index (χ1v) is 7.45. The third-order valence-electron chi connectivity index (χ3n) is 2.38. The summed E-state index contributed by atoms with van der Waals surface area (Å²) in [5.74, 6) is 0. The fourth-order valence-corrected chi connectivity index (χ4v) is 3.73. The van der Waals surface area contributed by atoms with Crippen LogP contribution in [-0.4, -0.2) is 6.54 Å². The van der Waals surface area contributed by atoms with Crippen LogP contribution in [0, 0.1) is 6.92 Å². The molecule has 0 aliphatic carbocycles. The summed E-state index contributed by atoms with van der Waals surface area (Å²) < 4.78 is 0. The smallest absolute Gasteiger partial charge is 0.0560 e. The van der Waals surface area contributed by atoms with Gasteiger partial charge in [-0.15, -0.1) is 23.1 Å². The lowest BCUT2D eigenvalue weighted by atomic mass is 10.3. The van der Waals surface area contributed by atoms with Crippen LogP contribution in [0.5, 0.6) is 0 Å². The number of thiophene rings is 1. The second-order valence-corrected chi connectivity index (χ2v) is 6.78. The molecule has 1 unspecified atom stereocenters. The zero-order chi connectivity index (χ0) is 12.3. The molecule has 1 heterocycles. The fraction of sp³-hybridized carbons (Fsp3) is 0.231. The van der Waals surface area contributed by atoms with E-state index in [0.717, 1.165) is 5.02 Å². The SMILES string of the molecule is Cc1ccc(C(CN)Sc2ccc(Cl)cc2)s1. The van der Waals surface area contributed by atoms with Gasteiger partial charge in [0.25, 0.3) is 0 Å². The third kappa shape index (κ3) is 3.49. The topological polar surface area (TPSA) is 26.0 Å². The zero-order valence-electron chi connectivity index (χ0n) is 9.52. The molecule has 2 aromatic rings. The highest BCUT2D eigenvalue weighted by atomic mass is 35.5. The molecular formula is C13H14ClNS2. The standard InChI is InChI=1S/C13H14ClNS2/c1-9-2-7-12(16-9)13(8-15)17-11-5-3-10(14)4-6-11/h2-7,13H,8,15H2,1H3. The highest BCUT2D eigenvalue weighted by molar-refractivity contribution is 7.99. The normalized spacial score (nSPS) is 12.6. The van der Waals surface area contributed by atoms with Crippen LogP contribution < -0.4 is 5.73 Å². The Morgan fingerprint density at radius 2 is 1.94 bits per heavy atom. The third-order valence-corrected chi connectivity index (χ3v) is 5.18. The van der Waals surface area contributed by atoms with E-state index in [4.69, 9.17) is 17.3 Å². The van der Waals surface area contributed by atoms with Crippen LogP contribution in [0.2, 0.25) is 5.02 Å². The summed E-state index contributed by atoms with van der Waals surface area (Å²) in [5.41, 5.74) is 5.85. The molecule has 0 spiro atoms. The van der Waals surface area contributed by atoms with Crippen molar-refractivity contribution in [3.63, 3.8) is 0 Å². The molecule has 0 saturated heterocycles. The number of nitrogens with two attached hydrogens (primary N) is 1. The summed E-state index contributed by atoms with van der Waals surface area (Å²) in [6.45, 7) is 2.77. The Morgan fingerprint density at radius 3 is 2.47 bits per heavy atom. The van der Waals surface area contributed by atoms with Gasteiger partial charge in [-0.05, 0) is 43.3 Å². The van der Waals surface area contributed by atoms with Gasteiger partial charge in [0, 0.05) is 26.2 Å². The van der Waals surface area contributed by atoms with E-state index in [0.29, 0.717) is 11.8 Å². The summed E-state index contributed by atoms with van der Waals surface area (Å²) in [6.07, 6.45) is 0. The van der Waals surface area contributed by atoms with Crippen molar-refractivity contribution in [3.8, 4) is 0 Å². The van der Waals surface area contributed by atoms with Gasteiger partial charge in [-0.1, -0.05) is 11.6 Å². The average molecular weight is 284 g/mol. The molecule has 17 heavy (non-hydrogen) atoms. The number of hydrogen-bond donors (Lipinski definition) is 1. The van der Waals surface area contributed by atoms with Gasteiger partial charge < -0.3 is 5.73 Å². The van der Waals surface area contributed by atoms with Gasteiger partial charge in [0.2, 0.25) is 0 Å². The molecule has 1 aromatic heterocycles. The van der Waals surface area contributed by atoms with Gasteiger partial charge in [0.1, 0.15) is 0 Å². The minimum atomic E-state index is 0.329. The quantitative estimate of drug-likeness (QED) is 0.836. The molecule has 1 nitrogen and oxygen atoms in total. The lowest BCUT2D eigenvalue weighted by Crippen LogP contribution is -2.07. The Labute approximate surface area is 115 Å². The van der Waals surface area contributed by atoms with Crippen LogP contribution in [0.4, 0.5) is 0 Å². The molecule has 0 aliphatic rings. The highest BCUT2D eigenvalue weighted by Gasteiger charge is 2.13. The Morgan fingerprint density at radius 1 is 1.24 bits per heavy atom. The summed E-state index contributed by atoms with van der Waals surface area (Å²) in [4.78, 5) is 3.87. The molecule has 0 radical (unpaired) electrons. The molecule has 2 N–H and O–H groups in total. The lowest BCUT2D eigenvalue weighted by molar-refractivity contribution is 0.960. The predicted molar refractivity (Wildman–Crippen MR) is 78.2 cm³/mol. The molecule has 1 atom stereocenters. The van der Waals surface area contributed by atoms with Gasteiger partial charge in [0.15, 0.2) is 0 Å². The monoisotopic (exact) mass is 283 g/mol. The lowest BCUT2D eigenvalue weighted by Gasteiger charge is -2.12. The molecular weight excluding hydrogens is 270 g/mol. The number of hydrogen-bond acceptors (Lipinski definition) is 3.